The zero-order valence-electron chi connectivity index (χ0n) is 23.6. The third-order valence-electron chi connectivity index (χ3n) is 5.88. The van der Waals surface area contributed by atoms with Crippen molar-refractivity contribution in [3.05, 3.63) is 59.7 Å². The van der Waals surface area contributed by atoms with Crippen molar-refractivity contribution in [2.24, 2.45) is 0 Å². The quantitative estimate of drug-likeness (QED) is 0.378. The van der Waals surface area contributed by atoms with Crippen LogP contribution in [0.4, 0.5) is 39.5 Å². The van der Waals surface area contributed by atoms with E-state index in [-0.39, 0.29) is 12.2 Å². The largest absolute Gasteiger partial charge is 0.490 e. The highest BCUT2D eigenvalue weighted by atomic mass is 19.4. The van der Waals surface area contributed by atoms with E-state index >= 15 is 0 Å². The van der Waals surface area contributed by atoms with Crippen LogP contribution in [0.5, 0.6) is 0 Å². The van der Waals surface area contributed by atoms with Crippen molar-refractivity contribution in [1.29, 1.82) is 0 Å². The number of hydrogen-bond acceptors (Lipinski definition) is 8. The first-order valence-corrected chi connectivity index (χ1v) is 12.8. The number of aromatic nitrogens is 2. The van der Waals surface area contributed by atoms with E-state index in [1.165, 1.54) is 0 Å². The Labute approximate surface area is 254 Å². The number of ether oxygens (including phenoxy) is 2. The standard InChI is InChI=1S/C20H25N3O2.3C2HF3O2/c1-15-4-2-6-17(22-15)13-23-10-11-24-20-18(23)7-8-19(20)25-14-16-5-3-9-21-12-16;3*3-2(4,5)1(6)7/h2-6,9,12,18-20H,7-8,10-11,13-14H2,1H3;3*(H,6,7)/t18-,19+,20+;;;/m0.../s1. The van der Waals surface area contributed by atoms with Crippen LogP contribution in [-0.4, -0.2) is 98.0 Å². The van der Waals surface area contributed by atoms with Crippen LogP contribution in [0.25, 0.3) is 0 Å². The van der Waals surface area contributed by atoms with E-state index in [0.29, 0.717) is 12.6 Å². The van der Waals surface area contributed by atoms with E-state index in [2.05, 4.69) is 33.1 Å². The number of pyridine rings is 2. The van der Waals surface area contributed by atoms with Crippen molar-refractivity contribution in [3.8, 4) is 0 Å². The molecule has 1 saturated carbocycles. The van der Waals surface area contributed by atoms with Gasteiger partial charge in [-0.2, -0.15) is 39.5 Å². The monoisotopic (exact) mass is 681 g/mol. The molecule has 1 saturated heterocycles. The second kappa shape index (κ2) is 17.6. The number of halogens is 9. The average Bonchev–Trinajstić information content (AvgIpc) is 3.36. The summed E-state index contributed by atoms with van der Waals surface area (Å²) < 4.78 is 107. The minimum atomic E-state index is -5.08. The zero-order chi connectivity index (χ0) is 35.3. The van der Waals surface area contributed by atoms with E-state index < -0.39 is 36.4 Å². The zero-order valence-corrected chi connectivity index (χ0v) is 23.6. The molecule has 2 aromatic rings. The van der Waals surface area contributed by atoms with Crippen LogP contribution >= 0.6 is 0 Å². The number of morpholine rings is 1. The topological polar surface area (TPSA) is 159 Å². The summed E-state index contributed by atoms with van der Waals surface area (Å²) in [5.41, 5.74) is 3.33. The van der Waals surface area contributed by atoms with Gasteiger partial charge in [-0.1, -0.05) is 12.1 Å². The number of hydrogen-bond donors (Lipinski definition) is 3. The molecule has 2 fully saturated rings. The maximum absolute atomic E-state index is 10.6. The molecule has 0 spiro atoms. The molecule has 3 heterocycles. The normalized spacial score (nSPS) is 19.6. The molecule has 1 aliphatic heterocycles. The molecule has 3 N–H and O–H groups in total. The number of carbonyl (C=O) groups is 3. The van der Waals surface area contributed by atoms with E-state index in [4.69, 9.17) is 39.2 Å². The Kier molecular flexibility index (Phi) is 15.3. The van der Waals surface area contributed by atoms with Crippen molar-refractivity contribution < 1.29 is 78.7 Å². The van der Waals surface area contributed by atoms with Crippen molar-refractivity contribution in [2.75, 3.05) is 13.2 Å². The van der Waals surface area contributed by atoms with Gasteiger partial charge in [-0.25, -0.2) is 14.4 Å². The number of rotatable bonds is 5. The fraction of sp³-hybridized carbons (Fsp3) is 0.500. The molecule has 3 atom stereocenters. The number of alkyl halides is 9. The van der Waals surface area contributed by atoms with E-state index in [9.17, 15) is 39.5 Å². The van der Waals surface area contributed by atoms with Gasteiger partial charge in [0.05, 0.1) is 31.1 Å². The average molecular weight is 682 g/mol. The molecule has 4 rings (SSSR count). The van der Waals surface area contributed by atoms with Crippen LogP contribution in [0.15, 0.2) is 42.7 Å². The van der Waals surface area contributed by atoms with E-state index in [0.717, 1.165) is 49.5 Å². The number of fused-ring (bicyclic) bond motifs is 1. The first-order valence-electron chi connectivity index (χ1n) is 12.8. The van der Waals surface area contributed by atoms with Crippen molar-refractivity contribution in [3.63, 3.8) is 0 Å². The molecule has 46 heavy (non-hydrogen) atoms. The predicted molar refractivity (Wildman–Crippen MR) is 136 cm³/mol. The van der Waals surface area contributed by atoms with Crippen LogP contribution in [0.1, 0.15) is 29.8 Å². The van der Waals surface area contributed by atoms with Crippen LogP contribution in [0.3, 0.4) is 0 Å². The van der Waals surface area contributed by atoms with E-state index in [1.807, 2.05) is 25.3 Å². The first kappa shape index (κ1) is 40.0. The summed E-state index contributed by atoms with van der Waals surface area (Å²) in [7, 11) is 0. The Bertz CT molecular complexity index is 1200. The summed E-state index contributed by atoms with van der Waals surface area (Å²) in [5.74, 6) is -8.27. The first-order chi connectivity index (χ1) is 21.1. The number of aliphatic carboxylic acids is 3. The Hall–Kier alpha value is -4.04. The lowest BCUT2D eigenvalue weighted by molar-refractivity contribution is -0.193. The maximum atomic E-state index is 10.6. The van der Waals surface area contributed by atoms with Crippen molar-refractivity contribution in [1.82, 2.24) is 14.9 Å². The van der Waals surface area contributed by atoms with Crippen LogP contribution < -0.4 is 0 Å². The highest BCUT2D eigenvalue weighted by Crippen LogP contribution is 2.33. The van der Waals surface area contributed by atoms with Gasteiger partial charge in [0, 0.05) is 37.2 Å². The number of carboxylic acid groups (broad SMARTS) is 3. The van der Waals surface area contributed by atoms with Crippen LogP contribution in [0, 0.1) is 6.92 Å². The highest BCUT2D eigenvalue weighted by Gasteiger charge is 2.43. The molecule has 258 valence electrons. The molecule has 2 aliphatic rings. The molecule has 0 aromatic carbocycles. The predicted octanol–water partition coefficient (Wildman–Crippen LogP) is 4.63. The summed E-state index contributed by atoms with van der Waals surface area (Å²) in [4.78, 5) is 38.0. The Morgan fingerprint density at radius 3 is 1.89 bits per heavy atom. The molecule has 0 amide bonds. The maximum Gasteiger partial charge on any atom is 0.490 e. The second-order valence-electron chi connectivity index (χ2n) is 9.34. The van der Waals surface area contributed by atoms with Gasteiger partial charge >= 0.3 is 36.4 Å². The third kappa shape index (κ3) is 14.8. The fourth-order valence-corrected chi connectivity index (χ4v) is 3.95. The lowest BCUT2D eigenvalue weighted by Crippen LogP contribution is -2.51. The summed E-state index contributed by atoms with van der Waals surface area (Å²) in [6.45, 7) is 5.27. The summed E-state index contributed by atoms with van der Waals surface area (Å²) in [6.07, 6.45) is -9.10. The fourth-order valence-electron chi connectivity index (χ4n) is 3.95. The van der Waals surface area contributed by atoms with Gasteiger partial charge in [0.1, 0.15) is 0 Å². The van der Waals surface area contributed by atoms with E-state index in [1.54, 1.807) is 6.20 Å². The minimum absolute atomic E-state index is 0.162. The third-order valence-corrected chi connectivity index (χ3v) is 5.88. The molecular formula is C26H28F9N3O8. The Balaban J connectivity index is 0.000000413. The van der Waals surface area contributed by atoms with Gasteiger partial charge in [-0.3, -0.25) is 14.9 Å². The molecule has 20 heteroatoms. The van der Waals surface area contributed by atoms with Crippen molar-refractivity contribution >= 4 is 17.9 Å². The van der Waals surface area contributed by atoms with Crippen molar-refractivity contribution in [2.45, 2.75) is 69.7 Å². The molecular weight excluding hydrogens is 653 g/mol. The second-order valence-corrected chi connectivity index (χ2v) is 9.34. The molecule has 2 aromatic heterocycles. The summed E-state index contributed by atoms with van der Waals surface area (Å²) in [6, 6.07) is 10.7. The van der Waals surface area contributed by atoms with Crippen LogP contribution in [-0.2, 0) is 37.0 Å². The lowest BCUT2D eigenvalue weighted by atomic mass is 10.1. The van der Waals surface area contributed by atoms with Gasteiger partial charge in [0.2, 0.25) is 0 Å². The number of nitrogens with zero attached hydrogens (tertiary/aromatic N) is 3. The van der Waals surface area contributed by atoms with Gasteiger partial charge in [0.25, 0.3) is 0 Å². The smallest absolute Gasteiger partial charge is 0.475 e. The molecule has 11 nitrogen and oxygen atoms in total. The SMILES string of the molecule is Cc1cccc(CN2CCO[C@H]3[C@H](OCc4cccnc4)CC[C@@H]32)n1.O=C(O)C(F)(F)F.O=C(O)C(F)(F)F.O=C(O)C(F)(F)F. The van der Waals surface area contributed by atoms with Gasteiger partial charge < -0.3 is 24.8 Å². The molecule has 0 bridgehead atoms. The molecule has 0 radical (unpaired) electrons. The van der Waals surface area contributed by atoms with Gasteiger partial charge in [-0.15, -0.1) is 0 Å². The van der Waals surface area contributed by atoms with Gasteiger partial charge in [0.15, 0.2) is 0 Å². The lowest BCUT2D eigenvalue weighted by Gasteiger charge is -2.38. The summed E-state index contributed by atoms with van der Waals surface area (Å²) >= 11 is 0. The van der Waals surface area contributed by atoms with Gasteiger partial charge in [-0.05, 0) is 43.5 Å². The Morgan fingerprint density at radius 2 is 1.43 bits per heavy atom. The highest BCUT2D eigenvalue weighted by molar-refractivity contribution is 5.73. The number of aryl methyl sites for hydroxylation is 1. The summed E-state index contributed by atoms with van der Waals surface area (Å²) in [5, 5.41) is 21.4. The number of carboxylic acids is 3. The van der Waals surface area contributed by atoms with Crippen LogP contribution in [0.2, 0.25) is 0 Å². The molecule has 0 unspecified atom stereocenters. The minimum Gasteiger partial charge on any atom is -0.475 e. The Morgan fingerprint density at radius 1 is 0.891 bits per heavy atom. The molecule has 1 aliphatic carbocycles.